The Hall–Kier alpha value is -2.70. The van der Waals surface area contributed by atoms with Crippen LogP contribution in [0.15, 0.2) is 29.5 Å². The Bertz CT molecular complexity index is 796. The molecule has 2 N–H and O–H groups in total. The van der Waals surface area contributed by atoms with Gasteiger partial charge in [-0.15, -0.1) is 0 Å². The summed E-state index contributed by atoms with van der Waals surface area (Å²) in [6, 6.07) is 4.46. The molecule has 2 aliphatic heterocycles. The Kier molecular flexibility index (Phi) is 4.68. The zero-order valence-electron chi connectivity index (χ0n) is 15.5. The molecule has 1 aromatic carbocycles. The van der Waals surface area contributed by atoms with Crippen LogP contribution in [0.5, 0.6) is 11.5 Å². The molecular formula is C20H24N2O5. The van der Waals surface area contributed by atoms with Crippen LogP contribution in [0.1, 0.15) is 51.1 Å². The fourth-order valence-electron chi connectivity index (χ4n) is 3.87. The van der Waals surface area contributed by atoms with Gasteiger partial charge in [-0.1, -0.05) is 13.0 Å². The summed E-state index contributed by atoms with van der Waals surface area (Å²) in [5, 5.41) is 5.50. The van der Waals surface area contributed by atoms with Crippen LogP contribution >= 0.6 is 0 Å². The molecular weight excluding hydrogens is 348 g/mol. The number of hydrogen-bond donors (Lipinski definition) is 2. The van der Waals surface area contributed by atoms with Gasteiger partial charge in [0.15, 0.2) is 11.5 Å². The number of carbonyl (C=O) groups excluding carboxylic acids is 2. The van der Waals surface area contributed by atoms with Gasteiger partial charge in [0.25, 0.3) is 0 Å². The minimum Gasteiger partial charge on any atom is -0.459 e. The fraction of sp³-hybridized carbons (Fsp3) is 0.500. The van der Waals surface area contributed by atoms with Crippen molar-refractivity contribution < 1.29 is 23.8 Å². The molecule has 0 unspecified atom stereocenters. The average Bonchev–Trinajstić information content (AvgIpc) is 3.10. The van der Waals surface area contributed by atoms with Crippen molar-refractivity contribution in [3.63, 3.8) is 0 Å². The predicted molar refractivity (Wildman–Crippen MR) is 97.2 cm³/mol. The second-order valence-electron chi connectivity index (χ2n) is 7.47. The normalized spacial score (nSPS) is 27.0. The number of amides is 2. The number of rotatable bonds is 3. The van der Waals surface area contributed by atoms with Gasteiger partial charge in [0.05, 0.1) is 11.6 Å². The minimum absolute atomic E-state index is 0.0657. The molecule has 1 aliphatic carbocycles. The van der Waals surface area contributed by atoms with E-state index in [2.05, 4.69) is 17.6 Å². The number of fused-ring (bicyclic) bond motifs is 1. The van der Waals surface area contributed by atoms with Crippen molar-refractivity contribution in [2.45, 2.75) is 51.7 Å². The molecule has 4 rings (SSSR count). The lowest BCUT2D eigenvalue weighted by atomic mass is 9.88. The first-order valence-corrected chi connectivity index (χ1v) is 9.40. The highest BCUT2D eigenvalue weighted by molar-refractivity contribution is 5.95. The quantitative estimate of drug-likeness (QED) is 0.796. The van der Waals surface area contributed by atoms with Gasteiger partial charge in [-0.2, -0.15) is 0 Å². The number of carbonyl (C=O) groups is 2. The van der Waals surface area contributed by atoms with Gasteiger partial charge in [0.1, 0.15) is 6.10 Å². The molecule has 7 heteroatoms. The second kappa shape index (κ2) is 7.13. The lowest BCUT2D eigenvalue weighted by Crippen LogP contribution is -2.45. The Labute approximate surface area is 158 Å². The van der Waals surface area contributed by atoms with E-state index in [-0.39, 0.29) is 24.9 Å². The lowest BCUT2D eigenvalue weighted by Gasteiger charge is -2.31. The van der Waals surface area contributed by atoms with Crippen LogP contribution in [0.25, 0.3) is 0 Å². The standard InChI is InChI=1S/C20H24N2O5/c1-11-3-6-14(7-4-11)27-19(23)17-12(2)21-20(24)22-18(17)13-5-8-15-16(9-13)26-10-25-15/h5,8-9,11,14,18H,3-4,6-7,10H2,1-2H3,(H2,21,22,24)/t11?,14?,18-/m1/s1. The Balaban J connectivity index is 1.58. The number of ether oxygens (including phenoxy) is 3. The summed E-state index contributed by atoms with van der Waals surface area (Å²) in [6.45, 7) is 4.11. The highest BCUT2D eigenvalue weighted by Gasteiger charge is 2.34. The van der Waals surface area contributed by atoms with E-state index in [4.69, 9.17) is 14.2 Å². The van der Waals surface area contributed by atoms with Crippen LogP contribution in [0.2, 0.25) is 0 Å². The molecule has 1 saturated carbocycles. The number of nitrogens with one attached hydrogen (secondary N) is 2. The zero-order valence-corrected chi connectivity index (χ0v) is 15.5. The van der Waals surface area contributed by atoms with E-state index in [1.807, 2.05) is 6.07 Å². The summed E-state index contributed by atoms with van der Waals surface area (Å²) in [7, 11) is 0. The van der Waals surface area contributed by atoms with Crippen LogP contribution in [-0.4, -0.2) is 24.9 Å². The van der Waals surface area contributed by atoms with Gasteiger partial charge in [0.2, 0.25) is 6.79 Å². The molecule has 1 fully saturated rings. The predicted octanol–water partition coefficient (Wildman–Crippen LogP) is 3.17. The Morgan fingerprint density at radius 2 is 1.89 bits per heavy atom. The van der Waals surface area contributed by atoms with Crippen LogP contribution in [-0.2, 0) is 9.53 Å². The van der Waals surface area contributed by atoms with Gasteiger partial charge < -0.3 is 24.8 Å². The van der Waals surface area contributed by atoms with Crippen molar-refractivity contribution in [2.24, 2.45) is 5.92 Å². The highest BCUT2D eigenvalue weighted by Crippen LogP contribution is 2.37. The third-order valence-electron chi connectivity index (χ3n) is 5.46. The summed E-state index contributed by atoms with van der Waals surface area (Å²) in [6.07, 6.45) is 3.83. The third-order valence-corrected chi connectivity index (χ3v) is 5.46. The lowest BCUT2D eigenvalue weighted by molar-refractivity contribution is -0.146. The number of hydrogen-bond acceptors (Lipinski definition) is 5. The van der Waals surface area contributed by atoms with Crippen LogP contribution in [0.3, 0.4) is 0 Å². The van der Waals surface area contributed by atoms with Crippen LogP contribution in [0, 0.1) is 5.92 Å². The average molecular weight is 372 g/mol. The molecule has 2 amide bonds. The largest absolute Gasteiger partial charge is 0.459 e. The van der Waals surface area contributed by atoms with E-state index in [1.165, 1.54) is 0 Å². The highest BCUT2D eigenvalue weighted by atomic mass is 16.7. The monoisotopic (exact) mass is 372 g/mol. The maximum absolute atomic E-state index is 13.0. The smallest absolute Gasteiger partial charge is 0.338 e. The van der Waals surface area contributed by atoms with E-state index in [1.54, 1.807) is 19.1 Å². The summed E-state index contributed by atoms with van der Waals surface area (Å²) in [5.41, 5.74) is 1.68. The molecule has 0 spiro atoms. The molecule has 0 aromatic heterocycles. The van der Waals surface area contributed by atoms with Crippen molar-refractivity contribution >= 4 is 12.0 Å². The van der Waals surface area contributed by atoms with E-state index in [0.717, 1.165) is 31.2 Å². The Morgan fingerprint density at radius 3 is 2.67 bits per heavy atom. The van der Waals surface area contributed by atoms with Gasteiger partial charge in [-0.05, 0) is 56.2 Å². The van der Waals surface area contributed by atoms with Gasteiger partial charge in [-0.25, -0.2) is 9.59 Å². The summed E-state index contributed by atoms with van der Waals surface area (Å²) in [4.78, 5) is 25.0. The fourth-order valence-corrected chi connectivity index (χ4v) is 3.87. The molecule has 0 bridgehead atoms. The van der Waals surface area contributed by atoms with Gasteiger partial charge in [-0.3, -0.25) is 0 Å². The van der Waals surface area contributed by atoms with E-state index in [9.17, 15) is 9.59 Å². The van der Waals surface area contributed by atoms with Gasteiger partial charge >= 0.3 is 12.0 Å². The summed E-state index contributed by atoms with van der Waals surface area (Å²) >= 11 is 0. The summed E-state index contributed by atoms with van der Waals surface area (Å²) < 4.78 is 16.6. The maximum atomic E-state index is 13.0. The molecule has 1 atom stereocenters. The summed E-state index contributed by atoms with van der Waals surface area (Å²) in [5.74, 6) is 1.55. The van der Waals surface area contributed by atoms with Crippen molar-refractivity contribution in [1.82, 2.24) is 10.6 Å². The van der Waals surface area contributed by atoms with Crippen molar-refractivity contribution in [3.05, 3.63) is 35.0 Å². The molecule has 3 aliphatic rings. The molecule has 0 radical (unpaired) electrons. The molecule has 7 nitrogen and oxygen atoms in total. The molecule has 2 heterocycles. The maximum Gasteiger partial charge on any atom is 0.338 e. The van der Waals surface area contributed by atoms with Crippen molar-refractivity contribution in [2.75, 3.05) is 6.79 Å². The van der Waals surface area contributed by atoms with E-state index < -0.39 is 6.04 Å². The first kappa shape index (κ1) is 17.7. The molecule has 1 aromatic rings. The first-order valence-electron chi connectivity index (χ1n) is 9.40. The van der Waals surface area contributed by atoms with Crippen LogP contribution in [0.4, 0.5) is 4.79 Å². The Morgan fingerprint density at radius 1 is 1.15 bits per heavy atom. The number of benzene rings is 1. The second-order valence-corrected chi connectivity index (χ2v) is 7.47. The third kappa shape index (κ3) is 3.59. The zero-order chi connectivity index (χ0) is 19.0. The van der Waals surface area contributed by atoms with Crippen molar-refractivity contribution in [3.8, 4) is 11.5 Å². The number of allylic oxidation sites excluding steroid dienone is 1. The van der Waals surface area contributed by atoms with E-state index >= 15 is 0 Å². The van der Waals surface area contributed by atoms with Crippen LogP contribution < -0.4 is 20.1 Å². The SMILES string of the molecule is CC1=C(C(=O)OC2CCC(C)CC2)[C@@H](c2ccc3c(c2)OCO3)NC(=O)N1. The molecule has 27 heavy (non-hydrogen) atoms. The number of urea groups is 1. The van der Waals surface area contributed by atoms with E-state index in [0.29, 0.717) is 28.7 Å². The van der Waals surface area contributed by atoms with Gasteiger partial charge in [0, 0.05) is 5.70 Å². The first-order chi connectivity index (χ1) is 13.0. The minimum atomic E-state index is -0.594. The topological polar surface area (TPSA) is 85.9 Å². The molecule has 0 saturated heterocycles. The number of esters is 1. The van der Waals surface area contributed by atoms with Crippen molar-refractivity contribution in [1.29, 1.82) is 0 Å². The molecule has 144 valence electrons.